The van der Waals surface area contributed by atoms with Crippen molar-refractivity contribution in [2.24, 2.45) is 5.92 Å². The Labute approximate surface area is 242 Å². The van der Waals surface area contributed by atoms with Gasteiger partial charge in [0.25, 0.3) is 0 Å². The average Bonchev–Trinajstić information content (AvgIpc) is 3.42. The topological polar surface area (TPSA) is 125 Å². The monoisotopic (exact) mass is 561 g/mol. The van der Waals surface area contributed by atoms with E-state index in [-0.39, 0.29) is 5.91 Å². The summed E-state index contributed by atoms with van der Waals surface area (Å²) in [5, 5.41) is 16.0. The lowest BCUT2D eigenvalue weighted by Crippen LogP contribution is -2.56. The van der Waals surface area contributed by atoms with E-state index < -0.39 is 35.6 Å². The number of fused-ring (bicyclic) bond motifs is 1. The molecule has 0 saturated carbocycles. The van der Waals surface area contributed by atoms with Gasteiger partial charge in [-0.3, -0.25) is 14.7 Å². The maximum atomic E-state index is 14.0. The Morgan fingerprint density at radius 3 is 2.56 bits per heavy atom. The van der Waals surface area contributed by atoms with Gasteiger partial charge in [0, 0.05) is 18.2 Å². The number of aryl methyl sites for hydroxylation is 1. The highest BCUT2D eigenvalue weighted by Gasteiger charge is 2.36. The van der Waals surface area contributed by atoms with E-state index in [0.29, 0.717) is 18.9 Å². The number of aromatic amines is 1. The number of carbonyl (C=O) groups excluding carboxylic acids is 3. The lowest BCUT2D eigenvalue weighted by molar-refractivity contribution is -0.130. The zero-order valence-electron chi connectivity index (χ0n) is 24.5. The van der Waals surface area contributed by atoms with E-state index >= 15 is 0 Å². The number of nitrogens with zero attached hydrogens (tertiary/aromatic N) is 1. The molecular formula is C32H43N5O4. The second-order valence-corrected chi connectivity index (χ2v) is 11.9. The Bertz CT molecular complexity index is 1260. The zero-order valence-corrected chi connectivity index (χ0v) is 24.5. The Kier molecular flexibility index (Phi) is 10.0. The minimum atomic E-state index is -0.999. The van der Waals surface area contributed by atoms with Gasteiger partial charge in [-0.25, -0.2) is 4.79 Å². The summed E-state index contributed by atoms with van der Waals surface area (Å²) in [5.41, 5.74) is 3.46. The molecule has 9 heteroatoms. The number of ether oxygens (including phenoxy) is 1. The fourth-order valence-electron chi connectivity index (χ4n) is 5.49. The second kappa shape index (κ2) is 13.7. The summed E-state index contributed by atoms with van der Waals surface area (Å²) >= 11 is 0. The van der Waals surface area contributed by atoms with Crippen molar-refractivity contribution in [3.63, 3.8) is 0 Å². The van der Waals surface area contributed by atoms with Crippen LogP contribution in [-0.4, -0.2) is 52.3 Å². The third-order valence-electron chi connectivity index (χ3n) is 7.55. The Hall–Kier alpha value is -3.88. The van der Waals surface area contributed by atoms with Gasteiger partial charge in [0.15, 0.2) is 0 Å². The average molecular weight is 562 g/mol. The molecular weight excluding hydrogens is 518 g/mol. The fraction of sp³-hybridized carbons (Fsp3) is 0.500. The Morgan fingerprint density at radius 1 is 1.10 bits per heavy atom. The number of hydrogen-bond acceptors (Lipinski definition) is 5. The molecule has 0 spiro atoms. The summed E-state index contributed by atoms with van der Waals surface area (Å²) in [6, 6.07) is 7.90. The molecule has 3 amide bonds. The molecule has 0 fully saturated rings. The van der Waals surface area contributed by atoms with Crippen LogP contribution in [0.1, 0.15) is 76.1 Å². The molecule has 2 aliphatic carbocycles. The van der Waals surface area contributed by atoms with Gasteiger partial charge in [-0.2, -0.15) is 5.10 Å². The predicted octanol–water partition coefficient (Wildman–Crippen LogP) is 4.48. The van der Waals surface area contributed by atoms with Crippen molar-refractivity contribution >= 4 is 17.9 Å². The zero-order chi connectivity index (χ0) is 29.4. The normalized spacial score (nSPS) is 18.7. The maximum Gasteiger partial charge on any atom is 0.408 e. The Morgan fingerprint density at radius 2 is 1.88 bits per heavy atom. The van der Waals surface area contributed by atoms with E-state index in [1.54, 1.807) is 20.8 Å². The molecule has 41 heavy (non-hydrogen) atoms. The van der Waals surface area contributed by atoms with Gasteiger partial charge in [0.05, 0.1) is 6.20 Å². The fourth-order valence-corrected chi connectivity index (χ4v) is 5.49. The van der Waals surface area contributed by atoms with Crippen LogP contribution in [0.3, 0.4) is 0 Å². The van der Waals surface area contributed by atoms with Gasteiger partial charge < -0.3 is 20.7 Å². The highest BCUT2D eigenvalue weighted by Crippen LogP contribution is 2.32. The van der Waals surface area contributed by atoms with Crippen molar-refractivity contribution in [1.82, 2.24) is 26.1 Å². The number of H-pyrrole nitrogens is 1. The second-order valence-electron chi connectivity index (χ2n) is 11.9. The Balaban J connectivity index is 1.51. The van der Waals surface area contributed by atoms with E-state index in [9.17, 15) is 14.4 Å². The summed E-state index contributed by atoms with van der Waals surface area (Å²) in [5.74, 6) is -0.825. The van der Waals surface area contributed by atoms with Gasteiger partial charge in [0.2, 0.25) is 11.8 Å². The van der Waals surface area contributed by atoms with Crippen LogP contribution in [0.5, 0.6) is 0 Å². The largest absolute Gasteiger partial charge is 0.444 e. The van der Waals surface area contributed by atoms with Crippen molar-refractivity contribution in [3.05, 3.63) is 77.2 Å². The van der Waals surface area contributed by atoms with E-state index in [1.807, 2.05) is 49.5 Å². The minimum absolute atomic E-state index is 0.233. The van der Waals surface area contributed by atoms with Gasteiger partial charge >= 0.3 is 6.09 Å². The van der Waals surface area contributed by atoms with Crippen LogP contribution in [0.25, 0.3) is 0 Å². The molecule has 2 aromatic rings. The molecule has 4 rings (SSSR count). The van der Waals surface area contributed by atoms with Crippen LogP contribution < -0.4 is 16.0 Å². The van der Waals surface area contributed by atoms with Crippen molar-refractivity contribution in [2.75, 3.05) is 6.54 Å². The number of benzene rings is 1. The van der Waals surface area contributed by atoms with Gasteiger partial charge in [-0.05, 0) is 81.9 Å². The molecule has 9 nitrogen and oxygen atoms in total. The molecule has 220 valence electrons. The van der Waals surface area contributed by atoms with Crippen LogP contribution in [0.4, 0.5) is 4.79 Å². The molecule has 4 atom stereocenters. The third kappa shape index (κ3) is 8.31. The smallest absolute Gasteiger partial charge is 0.408 e. The standard InChI is InChI=1S/C32H43N5O4/c1-5-25(29(38)33-19-21-16-17-26-24(18-21)20-34-37-26)35-30(39)28(36-31(40)41-32(2,3)4)27(22-12-8-6-9-13-22)23-14-10-7-11-15-23/h6,8-10,12-15,20-21,25,27-28H,5,7,11,16-19H2,1-4H3,(H,33,38)(H,34,37)(H,35,39)(H,36,40)/t21?,25?,27-,28?/m0/s1. The number of nitrogens with one attached hydrogen (secondary N) is 4. The summed E-state index contributed by atoms with van der Waals surface area (Å²) in [4.78, 5) is 40.2. The summed E-state index contributed by atoms with van der Waals surface area (Å²) < 4.78 is 5.54. The van der Waals surface area contributed by atoms with E-state index in [2.05, 4.69) is 38.3 Å². The van der Waals surface area contributed by atoms with Crippen molar-refractivity contribution in [1.29, 1.82) is 0 Å². The molecule has 1 heterocycles. The first-order chi connectivity index (χ1) is 19.6. The van der Waals surface area contributed by atoms with Crippen LogP contribution in [0.15, 0.2) is 60.3 Å². The van der Waals surface area contributed by atoms with Crippen LogP contribution in [0, 0.1) is 5.92 Å². The SMILES string of the molecule is CCC(NC(=O)C(NC(=O)OC(C)(C)C)[C@H](C1=CCCC=C1)c1ccccc1)C(=O)NCC1CCc2[nH]ncc2C1. The quantitative estimate of drug-likeness (QED) is 0.340. The highest BCUT2D eigenvalue weighted by molar-refractivity contribution is 5.92. The molecule has 0 radical (unpaired) electrons. The first kappa shape index (κ1) is 30.1. The number of allylic oxidation sites excluding steroid dienone is 3. The predicted molar refractivity (Wildman–Crippen MR) is 158 cm³/mol. The van der Waals surface area contributed by atoms with Crippen LogP contribution in [0.2, 0.25) is 0 Å². The molecule has 2 aliphatic rings. The van der Waals surface area contributed by atoms with Crippen LogP contribution >= 0.6 is 0 Å². The molecule has 0 aliphatic heterocycles. The van der Waals surface area contributed by atoms with Gasteiger partial charge in [-0.1, -0.05) is 55.5 Å². The minimum Gasteiger partial charge on any atom is -0.444 e. The van der Waals surface area contributed by atoms with Crippen molar-refractivity contribution < 1.29 is 19.1 Å². The third-order valence-corrected chi connectivity index (χ3v) is 7.55. The van der Waals surface area contributed by atoms with E-state index in [4.69, 9.17) is 4.74 Å². The summed E-state index contributed by atoms with van der Waals surface area (Å²) in [6.07, 6.45) is 12.3. The first-order valence-electron chi connectivity index (χ1n) is 14.6. The molecule has 0 bridgehead atoms. The number of hydrogen-bond donors (Lipinski definition) is 4. The summed E-state index contributed by atoms with van der Waals surface area (Å²) in [7, 11) is 0. The van der Waals surface area contributed by atoms with Gasteiger partial charge in [0.1, 0.15) is 17.7 Å². The number of amides is 3. The number of alkyl carbamates (subject to hydrolysis) is 1. The molecule has 4 N–H and O–H groups in total. The molecule has 3 unspecified atom stereocenters. The molecule has 1 aromatic heterocycles. The van der Waals surface area contributed by atoms with Crippen molar-refractivity contribution in [2.45, 2.75) is 89.8 Å². The first-order valence-corrected chi connectivity index (χ1v) is 14.6. The van der Waals surface area contributed by atoms with Crippen molar-refractivity contribution in [3.8, 4) is 0 Å². The van der Waals surface area contributed by atoms with Gasteiger partial charge in [-0.15, -0.1) is 0 Å². The lowest BCUT2D eigenvalue weighted by Gasteiger charge is -2.32. The number of carbonyl (C=O) groups is 3. The van der Waals surface area contributed by atoms with E-state index in [0.717, 1.165) is 43.2 Å². The molecule has 0 saturated heterocycles. The van der Waals surface area contributed by atoms with E-state index in [1.165, 1.54) is 11.3 Å². The highest BCUT2D eigenvalue weighted by atomic mass is 16.6. The van der Waals surface area contributed by atoms with Crippen LogP contribution in [-0.2, 0) is 27.2 Å². The lowest BCUT2D eigenvalue weighted by atomic mass is 9.82. The maximum absolute atomic E-state index is 14.0. The number of rotatable bonds is 10. The number of aromatic nitrogens is 2. The molecule has 1 aromatic carbocycles. The summed E-state index contributed by atoms with van der Waals surface area (Å²) in [6.45, 7) is 7.72.